The average molecular weight is 610 g/mol. The number of benzene rings is 1. The monoisotopic (exact) mass is 608 g/mol. The topological polar surface area (TPSA) is 68.1 Å². The number of nitrogens with zero attached hydrogens (tertiary/aromatic N) is 4. The van der Waals surface area contributed by atoms with E-state index < -0.39 is 23.1 Å². The molecule has 1 saturated carbocycles. The molecule has 10 heteroatoms. The summed E-state index contributed by atoms with van der Waals surface area (Å²) >= 11 is 12.7. The van der Waals surface area contributed by atoms with Crippen LogP contribution in [0.1, 0.15) is 71.3 Å². The largest absolute Gasteiger partial charge is 0.333 e. The number of carbonyl (C=O) groups is 1. The van der Waals surface area contributed by atoms with Crippen molar-refractivity contribution in [3.05, 3.63) is 109 Å². The Hall–Kier alpha value is -3.62. The Bertz CT molecular complexity index is 1820. The summed E-state index contributed by atoms with van der Waals surface area (Å²) in [6, 6.07) is 7.91. The van der Waals surface area contributed by atoms with Gasteiger partial charge in [0.15, 0.2) is 5.82 Å². The number of hydrogen-bond donors (Lipinski definition) is 0. The van der Waals surface area contributed by atoms with E-state index in [1.807, 2.05) is 19.9 Å². The smallest absolute Gasteiger partial charge is 0.274 e. The molecule has 2 aliphatic rings. The minimum absolute atomic E-state index is 0.00295. The Morgan fingerprint density at radius 3 is 2.40 bits per heavy atom. The average Bonchev–Trinajstić information content (AvgIpc) is 3.74. The van der Waals surface area contributed by atoms with Gasteiger partial charge in [-0.05, 0) is 93.3 Å². The maximum Gasteiger partial charge on any atom is 0.274 e. The van der Waals surface area contributed by atoms with Crippen molar-refractivity contribution < 1.29 is 13.6 Å². The molecular formula is C32H28Cl2F2N4O2. The van der Waals surface area contributed by atoms with Crippen LogP contribution in [0.2, 0.25) is 10.0 Å². The van der Waals surface area contributed by atoms with E-state index >= 15 is 8.78 Å². The van der Waals surface area contributed by atoms with Crippen molar-refractivity contribution in [3.8, 4) is 16.9 Å². The quantitative estimate of drug-likeness (QED) is 0.237. The van der Waals surface area contributed by atoms with Crippen LogP contribution in [0.25, 0.3) is 16.9 Å². The van der Waals surface area contributed by atoms with Crippen molar-refractivity contribution in [3.63, 3.8) is 0 Å². The highest BCUT2D eigenvalue weighted by atomic mass is 35.5. The van der Waals surface area contributed by atoms with Crippen molar-refractivity contribution in [2.45, 2.75) is 64.5 Å². The van der Waals surface area contributed by atoms with Gasteiger partial charge in [0.25, 0.3) is 11.5 Å². The molecule has 0 spiro atoms. The van der Waals surface area contributed by atoms with Gasteiger partial charge in [0.2, 0.25) is 0 Å². The highest BCUT2D eigenvalue weighted by Crippen LogP contribution is 2.56. The summed E-state index contributed by atoms with van der Waals surface area (Å²) in [6.07, 6.45) is 6.31. The fourth-order valence-electron chi connectivity index (χ4n) is 6.28. The summed E-state index contributed by atoms with van der Waals surface area (Å²) in [4.78, 5) is 36.8. The van der Waals surface area contributed by atoms with E-state index in [0.29, 0.717) is 21.8 Å². The van der Waals surface area contributed by atoms with Crippen LogP contribution in [-0.4, -0.2) is 37.4 Å². The Balaban J connectivity index is 1.40. The summed E-state index contributed by atoms with van der Waals surface area (Å²) in [6.45, 7) is 7.13. The molecule has 0 radical (unpaired) electrons. The standard InChI is InChI=1S/C32H28Cl2F2N4O2/c1-15-12-38-29(21-6-5-7-22(27(21)35)31(41)39-16(2)8-17(39)3)28(36)30(15)40-18(4)9-25(26(34)32(40)42)24-11-23(24)19-10-20(33)14-37-13-19/h5-7,9-10,12-14,16-17,23-24H,8,11H2,1-4H3/t16-,17-,23?,24+/m0/s1. The molecular weight excluding hydrogens is 581 g/mol. The summed E-state index contributed by atoms with van der Waals surface area (Å²) < 4.78 is 33.3. The lowest BCUT2D eigenvalue weighted by Gasteiger charge is -2.45. The molecule has 1 unspecified atom stereocenters. The molecule has 6 rings (SSSR count). The van der Waals surface area contributed by atoms with Gasteiger partial charge < -0.3 is 4.90 Å². The highest BCUT2D eigenvalue weighted by Gasteiger charge is 2.42. The molecule has 42 heavy (non-hydrogen) atoms. The van der Waals surface area contributed by atoms with E-state index in [0.717, 1.165) is 18.4 Å². The molecule has 4 heterocycles. The molecule has 1 aliphatic carbocycles. The van der Waals surface area contributed by atoms with Gasteiger partial charge in [0.05, 0.1) is 16.3 Å². The van der Waals surface area contributed by atoms with Gasteiger partial charge in [-0.3, -0.25) is 24.1 Å². The minimum Gasteiger partial charge on any atom is -0.333 e. The Kier molecular flexibility index (Phi) is 7.18. The summed E-state index contributed by atoms with van der Waals surface area (Å²) in [7, 11) is 0. The van der Waals surface area contributed by atoms with Gasteiger partial charge in [0.1, 0.15) is 16.5 Å². The first-order chi connectivity index (χ1) is 20.0. The molecule has 0 N–H and O–H groups in total. The van der Waals surface area contributed by atoms with Crippen LogP contribution in [0.4, 0.5) is 8.78 Å². The fourth-order valence-corrected chi connectivity index (χ4v) is 6.75. The number of likely N-dealkylation sites (tertiary alicyclic amines) is 1. The number of aromatic nitrogens is 3. The number of rotatable bonds is 5. The van der Waals surface area contributed by atoms with Crippen molar-refractivity contribution in [1.82, 2.24) is 19.4 Å². The van der Waals surface area contributed by atoms with Gasteiger partial charge in [0, 0.05) is 41.9 Å². The maximum absolute atomic E-state index is 16.3. The summed E-state index contributed by atoms with van der Waals surface area (Å²) in [5, 5.41) is 0.531. The molecule has 6 nitrogen and oxygen atoms in total. The zero-order valence-electron chi connectivity index (χ0n) is 23.5. The lowest BCUT2D eigenvalue weighted by Crippen LogP contribution is -2.55. The molecule has 2 fully saturated rings. The lowest BCUT2D eigenvalue weighted by molar-refractivity contribution is 0.0262. The van der Waals surface area contributed by atoms with Gasteiger partial charge >= 0.3 is 0 Å². The fraction of sp³-hybridized carbons (Fsp3) is 0.312. The first-order valence-electron chi connectivity index (χ1n) is 13.8. The van der Waals surface area contributed by atoms with Crippen LogP contribution >= 0.6 is 23.2 Å². The zero-order valence-corrected chi connectivity index (χ0v) is 25.0. The zero-order chi connectivity index (χ0) is 30.0. The third-order valence-corrected chi connectivity index (χ3v) is 9.04. The third-order valence-electron chi connectivity index (χ3n) is 8.46. The van der Waals surface area contributed by atoms with E-state index in [1.54, 1.807) is 37.2 Å². The number of amides is 1. The normalized spacial score (nSPS) is 21.3. The first-order valence-corrected chi connectivity index (χ1v) is 14.5. The van der Waals surface area contributed by atoms with Crippen LogP contribution in [-0.2, 0) is 0 Å². The molecule has 1 saturated heterocycles. The number of hydrogen-bond acceptors (Lipinski definition) is 4. The molecule has 4 atom stereocenters. The van der Waals surface area contributed by atoms with Crippen molar-refractivity contribution >= 4 is 29.1 Å². The van der Waals surface area contributed by atoms with Crippen molar-refractivity contribution in [2.24, 2.45) is 0 Å². The third kappa shape index (κ3) is 4.61. The van der Waals surface area contributed by atoms with Crippen LogP contribution in [0, 0.1) is 25.5 Å². The molecule has 216 valence electrons. The summed E-state index contributed by atoms with van der Waals surface area (Å²) in [5.74, 6) is -2.07. The molecule has 1 aliphatic heterocycles. The van der Waals surface area contributed by atoms with Crippen molar-refractivity contribution in [1.29, 1.82) is 0 Å². The number of pyridine rings is 3. The SMILES string of the molecule is Cc1cnc(-c2cccc(C(=O)N3[C@@H](C)C[C@@H]3C)c2F)c(F)c1-n1c(C)cc([C@@H]2CC2c2cncc(Cl)c2)c(Cl)c1=O. The number of carbonyl (C=O) groups excluding carboxylic acids is 1. The second kappa shape index (κ2) is 10.6. The van der Waals surface area contributed by atoms with Crippen LogP contribution in [0.15, 0.2) is 53.7 Å². The lowest BCUT2D eigenvalue weighted by atomic mass is 9.93. The maximum atomic E-state index is 16.3. The molecule has 3 aromatic heterocycles. The van der Waals surface area contributed by atoms with E-state index in [-0.39, 0.29) is 51.5 Å². The van der Waals surface area contributed by atoms with Gasteiger partial charge in [-0.15, -0.1) is 0 Å². The van der Waals surface area contributed by atoms with Crippen LogP contribution in [0.5, 0.6) is 0 Å². The summed E-state index contributed by atoms with van der Waals surface area (Å²) in [5.41, 5.74) is 1.23. The van der Waals surface area contributed by atoms with E-state index in [2.05, 4.69) is 9.97 Å². The predicted molar refractivity (Wildman–Crippen MR) is 159 cm³/mol. The van der Waals surface area contributed by atoms with E-state index in [1.165, 1.54) is 29.0 Å². The second-order valence-electron chi connectivity index (χ2n) is 11.3. The van der Waals surface area contributed by atoms with E-state index in [9.17, 15) is 9.59 Å². The van der Waals surface area contributed by atoms with Gasteiger partial charge in [-0.25, -0.2) is 8.78 Å². The Morgan fingerprint density at radius 2 is 1.71 bits per heavy atom. The predicted octanol–water partition coefficient (Wildman–Crippen LogP) is 7.39. The minimum atomic E-state index is -0.882. The van der Waals surface area contributed by atoms with Crippen LogP contribution < -0.4 is 5.56 Å². The highest BCUT2D eigenvalue weighted by molar-refractivity contribution is 6.31. The number of halogens is 4. The van der Waals surface area contributed by atoms with Crippen molar-refractivity contribution in [2.75, 3.05) is 0 Å². The van der Waals surface area contributed by atoms with Crippen LogP contribution in [0.3, 0.4) is 0 Å². The molecule has 0 bridgehead atoms. The van der Waals surface area contributed by atoms with E-state index in [4.69, 9.17) is 23.2 Å². The first kappa shape index (κ1) is 28.5. The second-order valence-corrected chi connectivity index (χ2v) is 12.2. The Labute approximate surface area is 251 Å². The Morgan fingerprint density at radius 1 is 0.976 bits per heavy atom. The molecule has 4 aromatic rings. The van der Waals surface area contributed by atoms with Gasteiger partial charge in [-0.2, -0.15) is 0 Å². The number of aryl methyl sites for hydroxylation is 2. The molecule has 1 amide bonds. The molecule has 1 aromatic carbocycles. The van der Waals surface area contributed by atoms with Gasteiger partial charge in [-0.1, -0.05) is 29.3 Å².